The highest BCUT2D eigenvalue weighted by atomic mass is 32.3. The first-order valence-electron chi connectivity index (χ1n) is 30.1. The summed E-state index contributed by atoms with van der Waals surface area (Å²) in [5, 5.41) is 124. The van der Waals surface area contributed by atoms with Gasteiger partial charge >= 0.3 is 10.4 Å². The molecule has 5 saturated heterocycles. The van der Waals surface area contributed by atoms with Gasteiger partial charge in [0, 0.05) is 6.42 Å². The van der Waals surface area contributed by atoms with Crippen LogP contribution in [0.15, 0.2) is 22.8 Å². The van der Waals surface area contributed by atoms with Gasteiger partial charge in [-0.3, -0.25) is 14.1 Å². The summed E-state index contributed by atoms with van der Waals surface area (Å²) >= 11 is 0. The lowest BCUT2D eigenvalue weighted by Gasteiger charge is -2.60. The summed E-state index contributed by atoms with van der Waals surface area (Å²) < 4.78 is 101. The average Bonchev–Trinajstić information content (AvgIpc) is 1.34. The van der Waals surface area contributed by atoms with Crippen LogP contribution in [0.4, 0.5) is 0 Å². The number of hydrogen-bond donors (Lipinski definition) is 12. The van der Waals surface area contributed by atoms with Crippen molar-refractivity contribution in [3.63, 3.8) is 0 Å². The number of aliphatic hydroxyl groups is 11. The number of carbonyl (C=O) groups excluding carboxylic acids is 2. The van der Waals surface area contributed by atoms with E-state index in [1.54, 1.807) is 13.8 Å². The molecule has 0 aromatic heterocycles. The van der Waals surface area contributed by atoms with Crippen molar-refractivity contribution in [2.24, 2.45) is 34.5 Å². The molecule has 12 N–H and O–H groups in total. The first-order valence-corrected chi connectivity index (χ1v) is 31.5. The number of ether oxygens (including phenoxy) is 10. The zero-order chi connectivity index (χ0) is 63.3. The van der Waals surface area contributed by atoms with Gasteiger partial charge in [-0.2, -0.15) is 8.42 Å². The van der Waals surface area contributed by atoms with E-state index in [-0.39, 0.29) is 42.8 Å². The standard InChI is InChI=1S/C58H92O27S/c1-21(2)22(3)33(59)20-58(11,71)35-13-12-30-29-19-34(32-18-28(85-86(72,73)74)14-16-56(32,9)31(29)15-17-57(30,35)10)80-53-46(70)48(39(63)26(7)77-53)82-55-50(84-52-44(68)41(65)37(61)24(5)76-52)45(69)47(27(8)79-55)81-54-49(42(66)38(62)25(6)78-54)83-51-43(67)40(64)36(60)23(4)75-51/h15,23-30,32,34-38,40-55,60-62,64-71H,12-14,16-20H2,1-11H3,(H,72,73,74)/t23-,24-,25-,26-,27-,28+,29+,30+,32-,34+,35+,36+,37-,38+,40+,41+,42+,43-,44-,45+,46-,47-,48+,49-,50-,51+,52+,53+,54+,55+,56-,57+,58+/m1/s1. The third-order valence-corrected chi connectivity index (χ3v) is 21.4. The molecular formula is C58H92O27S. The van der Waals surface area contributed by atoms with Crippen LogP contribution in [0.5, 0.6) is 0 Å². The molecule has 0 radical (unpaired) electrons. The first kappa shape index (κ1) is 68.2. The van der Waals surface area contributed by atoms with Crippen molar-refractivity contribution in [3.8, 4) is 0 Å². The van der Waals surface area contributed by atoms with E-state index in [0.29, 0.717) is 37.7 Å². The molecule has 4 aliphatic carbocycles. The van der Waals surface area contributed by atoms with Gasteiger partial charge in [0.15, 0.2) is 49.1 Å². The maximum Gasteiger partial charge on any atom is 0.397 e. The Labute approximate surface area is 500 Å². The summed E-state index contributed by atoms with van der Waals surface area (Å²) in [4.78, 5) is 27.9. The van der Waals surface area contributed by atoms with Crippen molar-refractivity contribution in [2.45, 2.75) is 293 Å². The number of carbonyl (C=O) groups is 2. The van der Waals surface area contributed by atoms with Gasteiger partial charge in [-0.1, -0.05) is 31.1 Å². The van der Waals surface area contributed by atoms with Crippen LogP contribution in [0.1, 0.15) is 128 Å². The van der Waals surface area contributed by atoms with Crippen LogP contribution in [-0.4, -0.2) is 246 Å². The Morgan fingerprint density at radius 1 is 0.616 bits per heavy atom. The molecule has 28 heteroatoms. The van der Waals surface area contributed by atoms with E-state index in [0.717, 1.165) is 11.1 Å². The van der Waals surface area contributed by atoms with Gasteiger partial charge in [0.05, 0.1) is 42.2 Å². The lowest BCUT2D eigenvalue weighted by Crippen LogP contribution is -2.67. The molecule has 0 aromatic rings. The van der Waals surface area contributed by atoms with Gasteiger partial charge in [-0.05, 0) is 147 Å². The minimum absolute atomic E-state index is 0.0292. The maximum atomic E-state index is 14.4. The highest BCUT2D eigenvalue weighted by Crippen LogP contribution is 2.67. The van der Waals surface area contributed by atoms with Gasteiger partial charge in [0.25, 0.3) is 0 Å². The summed E-state index contributed by atoms with van der Waals surface area (Å²) in [6.07, 6.45) is -36.8. The van der Waals surface area contributed by atoms with E-state index in [1.165, 1.54) is 34.6 Å². The molecule has 8 fully saturated rings. The summed E-state index contributed by atoms with van der Waals surface area (Å²) in [5.74, 6) is -1.96. The van der Waals surface area contributed by atoms with Crippen LogP contribution < -0.4 is 0 Å². The molecule has 86 heavy (non-hydrogen) atoms. The van der Waals surface area contributed by atoms with Crippen LogP contribution >= 0.6 is 0 Å². The molecule has 9 rings (SSSR count). The fourth-order valence-electron chi connectivity index (χ4n) is 15.7. The fourth-order valence-corrected chi connectivity index (χ4v) is 16.2. The van der Waals surface area contributed by atoms with E-state index in [4.69, 9.17) is 51.6 Å². The molecule has 0 aromatic carbocycles. The summed E-state index contributed by atoms with van der Waals surface area (Å²) in [6.45, 7) is 18.4. The van der Waals surface area contributed by atoms with Gasteiger partial charge in [0.1, 0.15) is 85.5 Å². The Hall–Kier alpha value is -2.15. The number of rotatable bonds is 16. The van der Waals surface area contributed by atoms with Crippen molar-refractivity contribution in [1.29, 1.82) is 0 Å². The average molecular weight is 1250 g/mol. The Bertz CT molecular complexity index is 2600. The molecule has 3 saturated carbocycles. The van der Waals surface area contributed by atoms with Crippen LogP contribution in [0.2, 0.25) is 0 Å². The van der Waals surface area contributed by atoms with E-state index in [2.05, 4.69) is 19.9 Å². The summed E-state index contributed by atoms with van der Waals surface area (Å²) in [7, 11) is -4.89. The molecule has 492 valence electrons. The maximum absolute atomic E-state index is 14.4. The first-order chi connectivity index (χ1) is 40.0. The predicted octanol–water partition coefficient (Wildman–Crippen LogP) is -0.742. The number of fused-ring (bicyclic) bond motifs is 5. The minimum atomic E-state index is -4.89. The lowest BCUT2D eigenvalue weighted by atomic mass is 9.47. The van der Waals surface area contributed by atoms with Gasteiger partial charge in [0.2, 0.25) is 0 Å². The van der Waals surface area contributed by atoms with E-state index >= 15 is 0 Å². The third kappa shape index (κ3) is 13.0. The summed E-state index contributed by atoms with van der Waals surface area (Å²) in [5.41, 5.74) is 0.0879. The van der Waals surface area contributed by atoms with Gasteiger partial charge < -0.3 is 104 Å². The smallest absolute Gasteiger partial charge is 0.389 e. The molecule has 0 unspecified atom stereocenters. The number of ketones is 2. The van der Waals surface area contributed by atoms with Crippen LogP contribution in [-0.2, 0) is 71.5 Å². The Morgan fingerprint density at radius 2 is 1.13 bits per heavy atom. The Balaban J connectivity index is 0.995. The number of Topliss-reactive ketones (excluding diaryl/α,β-unsaturated/α-hetero) is 2. The summed E-state index contributed by atoms with van der Waals surface area (Å²) in [6, 6.07) is 0. The van der Waals surface area contributed by atoms with Crippen molar-refractivity contribution < 1.29 is 130 Å². The van der Waals surface area contributed by atoms with E-state index < -0.39 is 198 Å². The van der Waals surface area contributed by atoms with Crippen LogP contribution in [0.3, 0.4) is 0 Å². The van der Waals surface area contributed by atoms with E-state index in [9.17, 15) is 78.7 Å². The molecule has 27 nitrogen and oxygen atoms in total. The van der Waals surface area contributed by atoms with Crippen molar-refractivity contribution in [2.75, 3.05) is 0 Å². The molecule has 0 bridgehead atoms. The van der Waals surface area contributed by atoms with Crippen LogP contribution in [0.25, 0.3) is 0 Å². The van der Waals surface area contributed by atoms with Gasteiger partial charge in [-0.25, -0.2) is 4.18 Å². The Kier molecular flexibility index (Phi) is 20.4. The third-order valence-electron chi connectivity index (χ3n) is 20.9. The zero-order valence-corrected chi connectivity index (χ0v) is 51.3. The lowest BCUT2D eigenvalue weighted by molar-refractivity contribution is -0.399. The topological polar surface area (TPSA) is 413 Å². The predicted molar refractivity (Wildman–Crippen MR) is 292 cm³/mol. The Morgan fingerprint density at radius 3 is 1.70 bits per heavy atom. The van der Waals surface area contributed by atoms with Crippen molar-refractivity contribution in [1.82, 2.24) is 0 Å². The molecule has 9 aliphatic rings. The number of hydrogen-bond acceptors (Lipinski definition) is 26. The van der Waals surface area contributed by atoms with Crippen molar-refractivity contribution >= 4 is 22.0 Å². The SMILES string of the molecule is CC(C)=C(C)C(=O)C[C@](C)(O)[C@H]1CC[C@H]2[C@@H]3C[C@H](O[C@@H]4O[C@H](C)C(=O)[C@H](O[C@@H]5O[C@H](C)[C@@H](O[C@@H]6O[C@H](C)[C@H](O)[C@H](O)[C@H]6O[C@@H]6O[C@H](C)[C@H](O)[C@H](O)[C@H]6O)[C@H](O)[C@H]5O[C@@H]5O[C@H](C)[C@@H](O)[C@H](O)[C@H]5O)[C@H]4O)[C@H]4C[C@@H](OS(=O)(=O)O)CC[C@]4(C)C3=CC[C@@]21C. The van der Waals surface area contributed by atoms with Crippen LogP contribution in [0, 0.1) is 34.5 Å². The molecule has 5 heterocycles. The number of aliphatic hydroxyl groups excluding tert-OH is 10. The van der Waals surface area contributed by atoms with E-state index in [1.807, 2.05) is 13.8 Å². The second-order valence-corrected chi connectivity index (χ2v) is 27.8. The van der Waals surface area contributed by atoms with Crippen molar-refractivity contribution in [3.05, 3.63) is 22.8 Å². The molecular weight excluding hydrogens is 1160 g/mol. The molecule has 0 spiro atoms. The molecule has 33 atom stereocenters. The normalized spacial score (nSPS) is 50.7. The highest BCUT2D eigenvalue weighted by Gasteiger charge is 2.64. The number of allylic oxidation sites excluding steroid dienone is 4. The quantitative estimate of drug-likeness (QED) is 0.0514. The molecule has 5 aliphatic heterocycles. The van der Waals surface area contributed by atoms with Gasteiger partial charge in [-0.15, -0.1) is 0 Å². The molecule has 0 amide bonds. The highest BCUT2D eigenvalue weighted by molar-refractivity contribution is 7.80. The minimum Gasteiger partial charge on any atom is -0.389 e. The zero-order valence-electron chi connectivity index (χ0n) is 50.5. The fraction of sp³-hybridized carbons (Fsp3) is 0.897. The second-order valence-electron chi connectivity index (χ2n) is 26.8. The largest absolute Gasteiger partial charge is 0.397 e. The monoisotopic (exact) mass is 1250 g/mol. The second kappa shape index (κ2) is 25.7.